The van der Waals surface area contributed by atoms with Crippen LogP contribution in [0.4, 0.5) is 0 Å². The van der Waals surface area contributed by atoms with E-state index < -0.39 is 0 Å². The molecule has 1 aliphatic rings. The Morgan fingerprint density at radius 2 is 2.21 bits per heavy atom. The van der Waals surface area contributed by atoms with Crippen molar-refractivity contribution < 1.29 is 5.11 Å². The van der Waals surface area contributed by atoms with Crippen LogP contribution in [0.1, 0.15) is 32.9 Å². The van der Waals surface area contributed by atoms with Gasteiger partial charge in [-0.05, 0) is 38.8 Å². The number of aromatic hydroxyl groups is 1. The van der Waals surface area contributed by atoms with Gasteiger partial charge in [0.15, 0.2) is 0 Å². The van der Waals surface area contributed by atoms with Gasteiger partial charge in [-0.25, -0.2) is 4.79 Å². The molecule has 102 valence electrons. The molecule has 2 N–H and O–H groups in total. The number of H-pyrrole nitrogens is 1. The van der Waals surface area contributed by atoms with Crippen LogP contribution in [0.25, 0.3) is 11.0 Å². The molecule has 1 atom stereocenters. The fourth-order valence-corrected chi connectivity index (χ4v) is 3.07. The molecule has 1 unspecified atom stereocenters. The highest BCUT2D eigenvalue weighted by atomic mass is 16.3. The molecule has 19 heavy (non-hydrogen) atoms. The first-order chi connectivity index (χ1) is 9.08. The molecule has 0 aliphatic carbocycles. The van der Waals surface area contributed by atoms with Gasteiger partial charge in [0.25, 0.3) is 0 Å². The Kier molecular flexibility index (Phi) is 2.86. The predicted molar refractivity (Wildman–Crippen MR) is 74.3 cm³/mol. The van der Waals surface area contributed by atoms with Crippen LogP contribution in [0, 0.1) is 0 Å². The number of hydrogen-bond donors (Lipinski definition) is 2. The number of likely N-dealkylation sites (tertiary alicyclic amines) is 1. The van der Waals surface area contributed by atoms with Crippen LogP contribution >= 0.6 is 0 Å². The van der Waals surface area contributed by atoms with Crippen LogP contribution in [0.5, 0.6) is 5.75 Å². The largest absolute Gasteiger partial charge is 0.508 e. The third kappa shape index (κ3) is 1.94. The van der Waals surface area contributed by atoms with Gasteiger partial charge >= 0.3 is 5.69 Å². The summed E-state index contributed by atoms with van der Waals surface area (Å²) in [5, 5.41) is 9.49. The topological polar surface area (TPSA) is 61.3 Å². The van der Waals surface area contributed by atoms with Crippen molar-refractivity contribution in [3.05, 3.63) is 28.7 Å². The summed E-state index contributed by atoms with van der Waals surface area (Å²) in [6.45, 7) is 5.34. The van der Waals surface area contributed by atoms with E-state index in [0.717, 1.165) is 24.9 Å². The third-order valence-electron chi connectivity index (χ3n) is 3.92. The lowest BCUT2D eigenvalue weighted by Crippen LogP contribution is -2.37. The Labute approximate surface area is 111 Å². The summed E-state index contributed by atoms with van der Waals surface area (Å²) in [5.74, 6) is 0.174. The number of phenolic OH excluding ortho intramolecular Hbond substituents is 1. The molecule has 5 nitrogen and oxygen atoms in total. The fourth-order valence-electron chi connectivity index (χ4n) is 3.07. The van der Waals surface area contributed by atoms with Crippen LogP contribution in [0.15, 0.2) is 23.0 Å². The first-order valence-electron chi connectivity index (χ1n) is 6.77. The van der Waals surface area contributed by atoms with Gasteiger partial charge in [-0.15, -0.1) is 0 Å². The number of fused-ring (bicyclic) bond motifs is 1. The summed E-state index contributed by atoms with van der Waals surface area (Å²) < 4.78 is 1.82. The SMILES string of the molecule is CC(C)N1CCCC1n1c(=O)[nH]c2cc(O)ccc21. The van der Waals surface area contributed by atoms with Gasteiger partial charge in [-0.2, -0.15) is 0 Å². The van der Waals surface area contributed by atoms with Gasteiger partial charge in [0.1, 0.15) is 5.75 Å². The number of imidazole rings is 1. The van der Waals surface area contributed by atoms with Crippen molar-refractivity contribution in [2.75, 3.05) is 6.54 Å². The number of nitrogens with one attached hydrogen (secondary N) is 1. The average Bonchev–Trinajstić information content (AvgIpc) is 2.91. The maximum absolute atomic E-state index is 12.2. The van der Waals surface area contributed by atoms with Crippen molar-refractivity contribution in [1.82, 2.24) is 14.5 Å². The van der Waals surface area contributed by atoms with E-state index in [1.54, 1.807) is 18.2 Å². The van der Waals surface area contributed by atoms with E-state index >= 15 is 0 Å². The zero-order chi connectivity index (χ0) is 13.6. The van der Waals surface area contributed by atoms with Gasteiger partial charge < -0.3 is 10.1 Å². The lowest BCUT2D eigenvalue weighted by Gasteiger charge is -2.28. The van der Waals surface area contributed by atoms with Gasteiger partial charge in [0, 0.05) is 18.7 Å². The molecule has 3 rings (SSSR count). The van der Waals surface area contributed by atoms with Crippen LogP contribution in [-0.2, 0) is 0 Å². The Morgan fingerprint density at radius 1 is 1.42 bits per heavy atom. The first kappa shape index (κ1) is 12.3. The van der Waals surface area contributed by atoms with Gasteiger partial charge in [0.05, 0.1) is 17.2 Å². The van der Waals surface area contributed by atoms with Crippen molar-refractivity contribution in [1.29, 1.82) is 0 Å². The second-order valence-electron chi connectivity index (χ2n) is 5.46. The molecule has 0 spiro atoms. The van der Waals surface area contributed by atoms with Crippen LogP contribution in [0.2, 0.25) is 0 Å². The zero-order valence-corrected chi connectivity index (χ0v) is 11.3. The summed E-state index contributed by atoms with van der Waals surface area (Å²) in [6.07, 6.45) is 2.22. The van der Waals surface area contributed by atoms with E-state index in [9.17, 15) is 9.90 Å². The van der Waals surface area contributed by atoms with E-state index in [0.29, 0.717) is 11.6 Å². The maximum Gasteiger partial charge on any atom is 0.327 e. The summed E-state index contributed by atoms with van der Waals surface area (Å²) in [6, 6.07) is 5.45. The Morgan fingerprint density at radius 3 is 2.95 bits per heavy atom. The van der Waals surface area contributed by atoms with Crippen molar-refractivity contribution in [2.45, 2.75) is 38.9 Å². The Bertz CT molecular complexity index is 656. The summed E-state index contributed by atoms with van der Waals surface area (Å²) in [7, 11) is 0. The monoisotopic (exact) mass is 261 g/mol. The van der Waals surface area contributed by atoms with Crippen molar-refractivity contribution in [3.63, 3.8) is 0 Å². The van der Waals surface area contributed by atoms with Crippen LogP contribution in [0.3, 0.4) is 0 Å². The molecule has 0 radical (unpaired) electrons. The number of aromatic nitrogens is 2. The van der Waals surface area contributed by atoms with Gasteiger partial charge in [-0.1, -0.05) is 0 Å². The smallest absolute Gasteiger partial charge is 0.327 e. The lowest BCUT2D eigenvalue weighted by atomic mass is 10.2. The molecular weight excluding hydrogens is 242 g/mol. The standard InChI is InChI=1S/C14H19N3O2/c1-9(2)16-7-3-4-13(16)17-12-6-5-10(18)8-11(12)15-14(17)19/h5-6,8-9,13,18H,3-4,7H2,1-2H3,(H,15,19). The normalized spacial score (nSPS) is 20.7. The van der Waals surface area contributed by atoms with Gasteiger partial charge in [-0.3, -0.25) is 9.47 Å². The second kappa shape index (κ2) is 4.42. The minimum Gasteiger partial charge on any atom is -0.508 e. The van der Waals surface area contributed by atoms with Crippen molar-refractivity contribution >= 4 is 11.0 Å². The molecule has 1 fully saturated rings. The quantitative estimate of drug-likeness (QED) is 0.869. The van der Waals surface area contributed by atoms with Crippen LogP contribution in [-0.4, -0.2) is 32.1 Å². The molecule has 1 saturated heterocycles. The highest BCUT2D eigenvalue weighted by Gasteiger charge is 2.30. The summed E-state index contributed by atoms with van der Waals surface area (Å²) in [4.78, 5) is 17.4. The minimum atomic E-state index is -0.0989. The fraction of sp³-hybridized carbons (Fsp3) is 0.500. The molecule has 0 amide bonds. The van der Waals surface area contributed by atoms with E-state index in [4.69, 9.17) is 0 Å². The molecule has 5 heteroatoms. The molecule has 1 aliphatic heterocycles. The molecule has 2 aromatic rings. The number of nitrogens with zero attached hydrogens (tertiary/aromatic N) is 2. The summed E-state index contributed by atoms with van der Waals surface area (Å²) >= 11 is 0. The van der Waals surface area contributed by atoms with E-state index in [2.05, 4.69) is 23.7 Å². The van der Waals surface area contributed by atoms with E-state index in [1.165, 1.54) is 0 Å². The zero-order valence-electron chi connectivity index (χ0n) is 11.3. The highest BCUT2D eigenvalue weighted by molar-refractivity contribution is 5.77. The molecule has 0 bridgehead atoms. The molecule has 2 heterocycles. The minimum absolute atomic E-state index is 0.0989. The molecule has 1 aromatic carbocycles. The number of benzene rings is 1. The lowest BCUT2D eigenvalue weighted by molar-refractivity contribution is 0.152. The highest BCUT2D eigenvalue weighted by Crippen LogP contribution is 2.30. The molecule has 0 saturated carbocycles. The Hall–Kier alpha value is -1.75. The first-order valence-corrected chi connectivity index (χ1v) is 6.77. The Balaban J connectivity index is 2.14. The molecule has 1 aromatic heterocycles. The summed E-state index contributed by atoms with van der Waals surface area (Å²) in [5.41, 5.74) is 1.46. The van der Waals surface area contributed by atoms with E-state index in [-0.39, 0.29) is 17.6 Å². The number of rotatable bonds is 2. The predicted octanol–water partition coefficient (Wildman–Crippen LogP) is 2.04. The third-order valence-corrected chi connectivity index (χ3v) is 3.92. The number of aromatic amines is 1. The average molecular weight is 261 g/mol. The van der Waals surface area contributed by atoms with Crippen molar-refractivity contribution in [2.24, 2.45) is 0 Å². The second-order valence-corrected chi connectivity index (χ2v) is 5.46. The molecular formula is C14H19N3O2. The maximum atomic E-state index is 12.2. The van der Waals surface area contributed by atoms with Crippen molar-refractivity contribution in [3.8, 4) is 5.75 Å². The van der Waals surface area contributed by atoms with E-state index in [1.807, 2.05) is 4.57 Å². The number of hydrogen-bond acceptors (Lipinski definition) is 3. The van der Waals surface area contributed by atoms with Crippen LogP contribution < -0.4 is 5.69 Å². The van der Waals surface area contributed by atoms with Gasteiger partial charge in [0.2, 0.25) is 0 Å². The number of phenols is 1.